The molecule has 0 fully saturated rings. The molecule has 1 aliphatic rings. The lowest BCUT2D eigenvalue weighted by Crippen LogP contribution is -2.40. The first kappa shape index (κ1) is 26.2. The van der Waals surface area contributed by atoms with Crippen LogP contribution in [0.4, 0.5) is 0 Å². The number of carbonyl (C=O) groups is 1. The summed E-state index contributed by atoms with van der Waals surface area (Å²) in [6, 6.07) is 11.7. The van der Waals surface area contributed by atoms with E-state index in [0.717, 1.165) is 11.1 Å². The molecule has 2 heterocycles. The van der Waals surface area contributed by atoms with Gasteiger partial charge in [0.2, 0.25) is 0 Å². The number of carbonyl (C=O) groups excluding carboxylic acids is 1. The number of fused-ring (bicyclic) bond motifs is 1. The number of hydrogen-bond acceptors (Lipinski definition) is 7. The fourth-order valence-electron chi connectivity index (χ4n) is 3.86. The molecule has 1 atom stereocenters. The molecule has 1 unspecified atom stereocenters. The number of hydrogen-bond donors (Lipinski definition) is 0. The molecule has 7 nitrogen and oxygen atoms in total. The van der Waals surface area contributed by atoms with Crippen molar-refractivity contribution < 1.29 is 19.0 Å². The lowest BCUT2D eigenvalue weighted by atomic mass is 9.96. The van der Waals surface area contributed by atoms with Gasteiger partial charge in [0.1, 0.15) is 12.4 Å². The van der Waals surface area contributed by atoms with Crippen LogP contribution in [0, 0.1) is 0 Å². The Morgan fingerprint density at radius 2 is 1.89 bits per heavy atom. The van der Waals surface area contributed by atoms with Gasteiger partial charge < -0.3 is 14.2 Å². The van der Waals surface area contributed by atoms with Crippen LogP contribution in [0.1, 0.15) is 31.0 Å². The lowest BCUT2D eigenvalue weighted by Gasteiger charge is -2.25. The fraction of sp³-hybridized carbons (Fsp3) is 0.269. The second kappa shape index (κ2) is 11.4. The third-order valence-electron chi connectivity index (χ3n) is 5.51. The van der Waals surface area contributed by atoms with E-state index in [4.69, 9.17) is 37.4 Å². The normalized spacial score (nSPS) is 15.5. The molecule has 3 aromatic rings. The number of thiazole rings is 1. The molecule has 0 aliphatic carbocycles. The van der Waals surface area contributed by atoms with Crippen molar-refractivity contribution in [2.75, 3.05) is 26.9 Å². The molecular weight excluding hydrogens is 523 g/mol. The van der Waals surface area contributed by atoms with E-state index in [-0.39, 0.29) is 18.8 Å². The van der Waals surface area contributed by atoms with Gasteiger partial charge in [-0.15, -0.1) is 0 Å². The topological polar surface area (TPSA) is 79.1 Å². The Labute approximate surface area is 221 Å². The molecule has 4 rings (SSSR count). The summed E-state index contributed by atoms with van der Waals surface area (Å²) < 4.78 is 18.0. The summed E-state index contributed by atoms with van der Waals surface area (Å²) >= 11 is 13.4. The van der Waals surface area contributed by atoms with Crippen LogP contribution in [0.3, 0.4) is 0 Å². The quantitative estimate of drug-likeness (QED) is 0.313. The monoisotopic (exact) mass is 546 g/mol. The van der Waals surface area contributed by atoms with E-state index in [1.54, 1.807) is 31.2 Å². The van der Waals surface area contributed by atoms with Crippen LogP contribution in [-0.2, 0) is 14.3 Å². The number of rotatable bonds is 8. The maximum absolute atomic E-state index is 13.7. The van der Waals surface area contributed by atoms with Gasteiger partial charge >= 0.3 is 5.97 Å². The van der Waals surface area contributed by atoms with Crippen molar-refractivity contribution in [3.63, 3.8) is 0 Å². The van der Waals surface area contributed by atoms with E-state index < -0.39 is 12.0 Å². The van der Waals surface area contributed by atoms with Crippen molar-refractivity contribution in [2.45, 2.75) is 19.9 Å². The van der Waals surface area contributed by atoms with Crippen molar-refractivity contribution >= 4 is 46.6 Å². The number of allylic oxidation sites excluding steroid dienone is 1. The Morgan fingerprint density at radius 3 is 2.56 bits per heavy atom. The van der Waals surface area contributed by atoms with Crippen LogP contribution in [0.2, 0.25) is 10.0 Å². The number of nitrogens with zero attached hydrogens (tertiary/aromatic N) is 2. The average molecular weight is 547 g/mol. The van der Waals surface area contributed by atoms with Gasteiger partial charge in [-0.2, -0.15) is 0 Å². The minimum absolute atomic E-state index is 0.0872. The van der Waals surface area contributed by atoms with Gasteiger partial charge in [-0.05, 0) is 55.3 Å². The molecule has 0 N–H and O–H groups in total. The highest BCUT2D eigenvalue weighted by Crippen LogP contribution is 2.31. The molecular formula is C26H24Cl2N2O5S. The van der Waals surface area contributed by atoms with Gasteiger partial charge in [0.15, 0.2) is 4.80 Å². The predicted octanol–water partition coefficient (Wildman–Crippen LogP) is 4.13. The van der Waals surface area contributed by atoms with Crippen molar-refractivity contribution in [3.05, 3.63) is 94.6 Å². The first-order valence-electron chi connectivity index (χ1n) is 11.2. The van der Waals surface area contributed by atoms with E-state index in [2.05, 4.69) is 4.99 Å². The second-order valence-corrected chi connectivity index (χ2v) is 9.71. The highest BCUT2D eigenvalue weighted by molar-refractivity contribution is 7.07. The standard InChI is InChI=1S/C26H24Cl2N2O5S/c1-4-34-18-8-6-17(7-9-18)23-22(25(32)35-12-11-33-3)15(2)29-26-30(23)24(31)21(36-26)14-16-5-10-19(27)20(28)13-16/h5-10,13-14,23H,4,11-12H2,1-3H3/b21-14-. The second-order valence-electron chi connectivity index (χ2n) is 7.89. The molecule has 1 aliphatic heterocycles. The average Bonchev–Trinajstić information content (AvgIpc) is 3.15. The van der Waals surface area contributed by atoms with Gasteiger partial charge in [0.05, 0.1) is 45.1 Å². The third kappa shape index (κ3) is 5.42. The summed E-state index contributed by atoms with van der Waals surface area (Å²) in [6.07, 6.45) is 1.73. The zero-order valence-electron chi connectivity index (χ0n) is 19.9. The summed E-state index contributed by atoms with van der Waals surface area (Å²) in [7, 11) is 1.53. The number of esters is 1. The molecule has 0 bridgehead atoms. The first-order chi connectivity index (χ1) is 17.3. The summed E-state index contributed by atoms with van der Waals surface area (Å²) in [4.78, 5) is 31.9. The summed E-state index contributed by atoms with van der Waals surface area (Å²) in [5.41, 5.74) is 1.96. The molecule has 0 saturated carbocycles. The van der Waals surface area contributed by atoms with E-state index in [1.165, 1.54) is 23.0 Å². The Hall–Kier alpha value is -2.91. The summed E-state index contributed by atoms with van der Waals surface area (Å²) in [5.74, 6) is 0.143. The number of benzene rings is 2. The fourth-order valence-corrected chi connectivity index (χ4v) is 5.21. The molecule has 0 amide bonds. The van der Waals surface area contributed by atoms with Crippen molar-refractivity contribution in [2.24, 2.45) is 4.99 Å². The molecule has 10 heteroatoms. The molecule has 188 valence electrons. The third-order valence-corrected chi connectivity index (χ3v) is 7.23. The Morgan fingerprint density at radius 1 is 1.14 bits per heavy atom. The van der Waals surface area contributed by atoms with E-state index in [1.807, 2.05) is 31.2 Å². The smallest absolute Gasteiger partial charge is 0.338 e. The van der Waals surface area contributed by atoms with Gasteiger partial charge in [-0.1, -0.05) is 52.7 Å². The highest BCUT2D eigenvalue weighted by Gasteiger charge is 2.33. The maximum Gasteiger partial charge on any atom is 0.338 e. The van der Waals surface area contributed by atoms with Crippen LogP contribution < -0.4 is 19.6 Å². The van der Waals surface area contributed by atoms with Crippen molar-refractivity contribution in [1.29, 1.82) is 0 Å². The molecule has 0 radical (unpaired) electrons. The Balaban J connectivity index is 1.86. The molecule has 2 aromatic carbocycles. The lowest BCUT2D eigenvalue weighted by molar-refractivity contribution is -0.140. The zero-order chi connectivity index (χ0) is 25.8. The summed E-state index contributed by atoms with van der Waals surface area (Å²) in [6.45, 7) is 4.52. The molecule has 0 saturated heterocycles. The van der Waals surface area contributed by atoms with Crippen LogP contribution in [0.15, 0.2) is 63.5 Å². The van der Waals surface area contributed by atoms with Crippen LogP contribution in [0.25, 0.3) is 6.08 Å². The SMILES string of the molecule is CCOc1ccc(C2C(C(=O)OCCOC)=C(C)N=c3s/c(=C\c4ccc(Cl)c(Cl)c4)c(=O)n32)cc1. The van der Waals surface area contributed by atoms with Gasteiger partial charge in [0, 0.05) is 7.11 Å². The summed E-state index contributed by atoms with van der Waals surface area (Å²) in [5, 5.41) is 0.820. The van der Waals surface area contributed by atoms with Crippen molar-refractivity contribution in [3.8, 4) is 5.75 Å². The number of ether oxygens (including phenoxy) is 3. The van der Waals surface area contributed by atoms with E-state index in [9.17, 15) is 9.59 Å². The molecule has 0 spiro atoms. The number of methoxy groups -OCH3 is 1. The van der Waals surface area contributed by atoms with Crippen LogP contribution in [0.5, 0.6) is 5.75 Å². The molecule has 1 aromatic heterocycles. The molecule has 36 heavy (non-hydrogen) atoms. The number of aromatic nitrogens is 1. The minimum atomic E-state index is -0.720. The zero-order valence-corrected chi connectivity index (χ0v) is 22.2. The van der Waals surface area contributed by atoms with Crippen molar-refractivity contribution in [1.82, 2.24) is 4.57 Å². The number of halogens is 2. The highest BCUT2D eigenvalue weighted by atomic mass is 35.5. The van der Waals surface area contributed by atoms with Crippen LogP contribution >= 0.6 is 34.5 Å². The Kier molecular flexibility index (Phi) is 8.31. The maximum atomic E-state index is 13.7. The van der Waals surface area contributed by atoms with Crippen LogP contribution in [-0.4, -0.2) is 37.5 Å². The predicted molar refractivity (Wildman–Crippen MR) is 141 cm³/mol. The largest absolute Gasteiger partial charge is 0.494 e. The minimum Gasteiger partial charge on any atom is -0.494 e. The van der Waals surface area contributed by atoms with Gasteiger partial charge in [0.25, 0.3) is 5.56 Å². The van der Waals surface area contributed by atoms with Gasteiger partial charge in [-0.25, -0.2) is 9.79 Å². The van der Waals surface area contributed by atoms with Gasteiger partial charge in [-0.3, -0.25) is 9.36 Å². The van der Waals surface area contributed by atoms with E-state index >= 15 is 0 Å². The Bertz CT molecular complexity index is 1490. The first-order valence-corrected chi connectivity index (χ1v) is 12.8. The van der Waals surface area contributed by atoms with E-state index in [0.29, 0.717) is 43.0 Å².